The molecule has 0 amide bonds. The number of hydrogen-bond donors (Lipinski definition) is 1. The lowest BCUT2D eigenvalue weighted by molar-refractivity contribution is -0.142. The van der Waals surface area contributed by atoms with E-state index in [9.17, 15) is 9.90 Å². The first kappa shape index (κ1) is 13.9. The molecule has 2 aromatic carbocycles. The van der Waals surface area contributed by atoms with Crippen molar-refractivity contribution >= 4 is 16.7 Å². The largest absolute Gasteiger partial charge is 0.496 e. The van der Waals surface area contributed by atoms with Crippen LogP contribution >= 0.6 is 0 Å². The number of nitrogens with zero attached hydrogens (tertiary/aromatic N) is 1. The standard InChI is InChI=1S/C17H19NO3/c1-21-16-9-8-12(13-5-2-3-6-14(13)16)11-18-10-4-7-15(18)17(19)20/h2-3,5-6,8-9,15H,4,7,10-11H2,1H3,(H,19,20). The zero-order valence-electron chi connectivity index (χ0n) is 12.1. The van der Waals surface area contributed by atoms with Crippen molar-refractivity contribution in [3.05, 3.63) is 42.0 Å². The van der Waals surface area contributed by atoms with Gasteiger partial charge in [0.25, 0.3) is 0 Å². The molecule has 1 atom stereocenters. The topological polar surface area (TPSA) is 49.8 Å². The van der Waals surface area contributed by atoms with Gasteiger partial charge in [0.05, 0.1) is 7.11 Å². The van der Waals surface area contributed by atoms with Crippen molar-refractivity contribution in [1.82, 2.24) is 4.90 Å². The summed E-state index contributed by atoms with van der Waals surface area (Å²) in [4.78, 5) is 13.4. The lowest BCUT2D eigenvalue weighted by atomic mass is 10.0. The normalized spacial score (nSPS) is 19.0. The Kier molecular flexibility index (Phi) is 3.80. The predicted molar refractivity (Wildman–Crippen MR) is 81.6 cm³/mol. The molecule has 0 aliphatic carbocycles. The van der Waals surface area contributed by atoms with Gasteiger partial charge in [0.15, 0.2) is 0 Å². The molecule has 0 bridgehead atoms. The SMILES string of the molecule is COc1ccc(CN2CCCC2C(=O)O)c2ccccc12. The van der Waals surface area contributed by atoms with Gasteiger partial charge in [-0.05, 0) is 36.4 Å². The minimum Gasteiger partial charge on any atom is -0.496 e. The number of hydrogen-bond acceptors (Lipinski definition) is 3. The fourth-order valence-corrected chi connectivity index (χ4v) is 3.16. The molecule has 3 rings (SSSR count). The first-order chi connectivity index (χ1) is 10.2. The number of carboxylic acid groups (broad SMARTS) is 1. The number of aliphatic carboxylic acids is 1. The van der Waals surface area contributed by atoms with Crippen molar-refractivity contribution in [2.24, 2.45) is 0 Å². The third-order valence-electron chi connectivity index (χ3n) is 4.22. The fourth-order valence-electron chi connectivity index (χ4n) is 3.16. The summed E-state index contributed by atoms with van der Waals surface area (Å²) in [5.41, 5.74) is 1.15. The van der Waals surface area contributed by atoms with E-state index in [4.69, 9.17) is 4.74 Å². The van der Waals surface area contributed by atoms with Crippen molar-refractivity contribution in [1.29, 1.82) is 0 Å². The molecule has 2 aromatic rings. The molecule has 1 fully saturated rings. The van der Waals surface area contributed by atoms with Crippen molar-refractivity contribution in [2.45, 2.75) is 25.4 Å². The smallest absolute Gasteiger partial charge is 0.320 e. The minimum absolute atomic E-state index is 0.356. The molecule has 1 aliphatic heterocycles. The van der Waals surface area contributed by atoms with Crippen molar-refractivity contribution in [3.63, 3.8) is 0 Å². The summed E-state index contributed by atoms with van der Waals surface area (Å²) in [5, 5.41) is 11.5. The zero-order valence-corrected chi connectivity index (χ0v) is 12.1. The highest BCUT2D eigenvalue weighted by Crippen LogP contribution is 2.30. The average molecular weight is 285 g/mol. The molecular formula is C17H19NO3. The first-order valence-corrected chi connectivity index (χ1v) is 7.22. The van der Waals surface area contributed by atoms with Crippen molar-refractivity contribution in [3.8, 4) is 5.75 Å². The summed E-state index contributed by atoms with van der Waals surface area (Å²) < 4.78 is 5.40. The second kappa shape index (κ2) is 5.74. The van der Waals surface area contributed by atoms with E-state index in [2.05, 4.69) is 11.0 Å². The molecule has 1 N–H and O–H groups in total. The van der Waals surface area contributed by atoms with Crippen LogP contribution in [-0.4, -0.2) is 35.7 Å². The Labute approximate surface area is 123 Å². The second-order valence-electron chi connectivity index (χ2n) is 5.44. The van der Waals surface area contributed by atoms with E-state index in [0.717, 1.165) is 41.5 Å². The van der Waals surface area contributed by atoms with Gasteiger partial charge in [0.1, 0.15) is 11.8 Å². The summed E-state index contributed by atoms with van der Waals surface area (Å²) >= 11 is 0. The highest BCUT2D eigenvalue weighted by Gasteiger charge is 2.30. The Bertz CT molecular complexity index is 668. The zero-order chi connectivity index (χ0) is 14.8. The maximum absolute atomic E-state index is 11.3. The summed E-state index contributed by atoms with van der Waals surface area (Å²) in [5.74, 6) is 0.135. The van der Waals surface area contributed by atoms with Gasteiger partial charge in [-0.2, -0.15) is 0 Å². The molecule has 0 aromatic heterocycles. The van der Waals surface area contributed by atoms with Gasteiger partial charge in [0.2, 0.25) is 0 Å². The molecule has 4 nitrogen and oxygen atoms in total. The van der Waals surface area contributed by atoms with Crippen LogP contribution in [0.3, 0.4) is 0 Å². The maximum Gasteiger partial charge on any atom is 0.320 e. The van der Waals surface area contributed by atoms with Gasteiger partial charge in [-0.25, -0.2) is 0 Å². The van der Waals surface area contributed by atoms with E-state index in [1.54, 1.807) is 7.11 Å². The number of carbonyl (C=O) groups is 1. The van der Waals surface area contributed by atoms with E-state index in [-0.39, 0.29) is 6.04 Å². The van der Waals surface area contributed by atoms with Gasteiger partial charge in [-0.15, -0.1) is 0 Å². The lowest BCUT2D eigenvalue weighted by Crippen LogP contribution is -2.35. The van der Waals surface area contributed by atoms with Crippen molar-refractivity contribution < 1.29 is 14.6 Å². The fraction of sp³-hybridized carbons (Fsp3) is 0.353. The summed E-state index contributed by atoms with van der Waals surface area (Å²) in [6.45, 7) is 1.51. The molecule has 1 saturated heterocycles. The van der Waals surface area contributed by atoms with Crippen LogP contribution in [0.25, 0.3) is 10.8 Å². The number of methoxy groups -OCH3 is 1. The minimum atomic E-state index is -0.717. The Balaban J connectivity index is 1.96. The molecule has 110 valence electrons. The molecule has 1 unspecified atom stereocenters. The average Bonchev–Trinajstić information content (AvgIpc) is 2.96. The van der Waals surface area contributed by atoms with Gasteiger partial charge in [-0.1, -0.05) is 30.3 Å². The van der Waals surface area contributed by atoms with Crippen LogP contribution in [0.1, 0.15) is 18.4 Å². The van der Waals surface area contributed by atoms with Gasteiger partial charge in [-0.3, -0.25) is 9.69 Å². The van der Waals surface area contributed by atoms with Gasteiger partial charge in [0, 0.05) is 11.9 Å². The molecular weight excluding hydrogens is 266 g/mol. The number of rotatable bonds is 4. The Morgan fingerprint density at radius 1 is 1.29 bits per heavy atom. The Hall–Kier alpha value is -2.07. The van der Waals surface area contributed by atoms with Crippen LogP contribution in [0.2, 0.25) is 0 Å². The summed E-state index contributed by atoms with van der Waals surface area (Å²) in [7, 11) is 1.67. The Morgan fingerprint density at radius 3 is 2.76 bits per heavy atom. The van der Waals surface area contributed by atoms with Crippen LogP contribution in [0.15, 0.2) is 36.4 Å². The number of likely N-dealkylation sites (tertiary alicyclic amines) is 1. The molecule has 4 heteroatoms. The van der Waals surface area contributed by atoms with Crippen LogP contribution in [0.4, 0.5) is 0 Å². The van der Waals surface area contributed by atoms with Crippen LogP contribution in [0, 0.1) is 0 Å². The maximum atomic E-state index is 11.3. The van der Waals surface area contributed by atoms with Crippen molar-refractivity contribution in [2.75, 3.05) is 13.7 Å². The molecule has 21 heavy (non-hydrogen) atoms. The first-order valence-electron chi connectivity index (χ1n) is 7.22. The van der Waals surface area contributed by atoms with Gasteiger partial charge >= 0.3 is 5.97 Å². The van der Waals surface area contributed by atoms with E-state index in [1.807, 2.05) is 30.3 Å². The third kappa shape index (κ3) is 2.59. The second-order valence-corrected chi connectivity index (χ2v) is 5.44. The van der Waals surface area contributed by atoms with E-state index < -0.39 is 5.97 Å². The highest BCUT2D eigenvalue weighted by atomic mass is 16.5. The van der Waals surface area contributed by atoms with E-state index >= 15 is 0 Å². The third-order valence-corrected chi connectivity index (χ3v) is 4.22. The van der Waals surface area contributed by atoms with Crippen LogP contribution in [0.5, 0.6) is 5.75 Å². The molecule has 0 radical (unpaired) electrons. The molecule has 1 aliphatic rings. The van der Waals surface area contributed by atoms with Crippen LogP contribution < -0.4 is 4.74 Å². The summed E-state index contributed by atoms with van der Waals surface area (Å²) in [6.07, 6.45) is 1.69. The monoisotopic (exact) mass is 285 g/mol. The van der Waals surface area contributed by atoms with E-state index in [0.29, 0.717) is 6.54 Å². The van der Waals surface area contributed by atoms with Gasteiger partial charge < -0.3 is 9.84 Å². The predicted octanol–water partition coefficient (Wildman–Crippen LogP) is 2.90. The Morgan fingerprint density at radius 2 is 2.05 bits per heavy atom. The molecule has 1 heterocycles. The number of ether oxygens (including phenoxy) is 1. The van der Waals surface area contributed by atoms with Crippen LogP contribution in [-0.2, 0) is 11.3 Å². The number of carboxylic acids is 1. The molecule has 0 saturated carbocycles. The van der Waals surface area contributed by atoms with E-state index in [1.165, 1.54) is 0 Å². The quantitative estimate of drug-likeness (QED) is 0.938. The number of benzene rings is 2. The summed E-state index contributed by atoms with van der Waals surface area (Å²) in [6, 6.07) is 11.7. The highest BCUT2D eigenvalue weighted by molar-refractivity contribution is 5.91. The lowest BCUT2D eigenvalue weighted by Gasteiger charge is -2.22. The molecule has 0 spiro atoms. The number of fused-ring (bicyclic) bond motifs is 1.